The van der Waals surface area contributed by atoms with Crippen LogP contribution in [-0.2, 0) is 0 Å². The lowest BCUT2D eigenvalue weighted by Crippen LogP contribution is -2.40. The number of rotatable bonds is 5. The summed E-state index contributed by atoms with van der Waals surface area (Å²) in [6.07, 6.45) is 3.98. The lowest BCUT2D eigenvalue weighted by atomic mass is 9.92. The molecular weight excluding hydrogens is 262 g/mol. The zero-order chi connectivity index (χ0) is 15.2. The molecule has 0 unspecified atom stereocenters. The van der Waals surface area contributed by atoms with Crippen LogP contribution in [0.1, 0.15) is 42.7 Å². The lowest BCUT2D eigenvalue weighted by Gasteiger charge is -2.34. The number of pyridine rings is 1. The maximum absolute atomic E-state index is 11.9. The maximum atomic E-state index is 11.9. The van der Waals surface area contributed by atoms with E-state index in [0.29, 0.717) is 5.56 Å². The monoisotopic (exact) mass is 289 g/mol. The number of piperidine rings is 1. The number of amides is 1. The first kappa shape index (κ1) is 16.0. The fraction of sp³-hybridized carbons (Fsp3) is 0.647. The van der Waals surface area contributed by atoms with E-state index in [1.54, 1.807) is 6.20 Å². The second kappa shape index (κ2) is 7.55. The van der Waals surface area contributed by atoms with Crippen molar-refractivity contribution in [3.8, 4) is 0 Å². The van der Waals surface area contributed by atoms with E-state index in [2.05, 4.69) is 29.0 Å². The first-order valence-electron chi connectivity index (χ1n) is 7.98. The van der Waals surface area contributed by atoms with Crippen LogP contribution in [-0.4, -0.2) is 42.0 Å². The molecule has 1 fully saturated rings. The van der Waals surface area contributed by atoms with Crippen molar-refractivity contribution in [1.82, 2.24) is 15.2 Å². The summed E-state index contributed by atoms with van der Waals surface area (Å²) < 4.78 is 0. The van der Waals surface area contributed by atoms with Gasteiger partial charge < -0.3 is 10.2 Å². The van der Waals surface area contributed by atoms with Crippen LogP contribution in [0.2, 0.25) is 0 Å². The highest BCUT2D eigenvalue weighted by Crippen LogP contribution is 2.20. The number of aryl methyl sites for hydroxylation is 1. The number of carbonyl (C=O) groups is 1. The molecule has 2 heterocycles. The van der Waals surface area contributed by atoms with Crippen molar-refractivity contribution in [1.29, 1.82) is 0 Å². The summed E-state index contributed by atoms with van der Waals surface area (Å²) in [4.78, 5) is 18.6. The normalized spacial score (nSPS) is 23.0. The summed E-state index contributed by atoms with van der Waals surface area (Å²) in [6, 6.07) is 3.69. The molecule has 116 valence electrons. The summed E-state index contributed by atoms with van der Waals surface area (Å²) in [7, 11) is 0. The Kier molecular flexibility index (Phi) is 5.74. The van der Waals surface area contributed by atoms with E-state index >= 15 is 0 Å². The minimum atomic E-state index is -0.0251. The number of nitrogens with zero attached hydrogens (tertiary/aromatic N) is 2. The highest BCUT2D eigenvalue weighted by atomic mass is 16.1. The van der Waals surface area contributed by atoms with Gasteiger partial charge in [-0.15, -0.1) is 0 Å². The Morgan fingerprint density at radius 1 is 1.33 bits per heavy atom. The van der Waals surface area contributed by atoms with Gasteiger partial charge in [0.05, 0.1) is 5.56 Å². The number of hydrogen-bond donors (Lipinski definition) is 1. The van der Waals surface area contributed by atoms with Gasteiger partial charge in [-0.05, 0) is 50.3 Å². The van der Waals surface area contributed by atoms with Crippen LogP contribution in [0.4, 0.5) is 0 Å². The molecule has 2 rings (SSSR count). The highest BCUT2D eigenvalue weighted by molar-refractivity contribution is 5.93. The number of hydrogen-bond acceptors (Lipinski definition) is 3. The third kappa shape index (κ3) is 5.12. The third-order valence-corrected chi connectivity index (χ3v) is 4.05. The van der Waals surface area contributed by atoms with Crippen molar-refractivity contribution in [3.63, 3.8) is 0 Å². The van der Waals surface area contributed by atoms with Crippen molar-refractivity contribution in [2.24, 2.45) is 11.8 Å². The maximum Gasteiger partial charge on any atom is 0.252 e. The Morgan fingerprint density at radius 2 is 2.05 bits per heavy atom. The molecule has 1 aliphatic heterocycles. The van der Waals surface area contributed by atoms with Gasteiger partial charge in [0.25, 0.3) is 5.91 Å². The molecule has 0 saturated carbocycles. The fourth-order valence-electron chi connectivity index (χ4n) is 3.18. The molecule has 1 aromatic rings. The molecule has 0 aliphatic carbocycles. The average Bonchev–Trinajstić information content (AvgIpc) is 2.43. The predicted molar refractivity (Wildman–Crippen MR) is 85.3 cm³/mol. The number of likely N-dealkylation sites (tertiary alicyclic amines) is 1. The Labute approximate surface area is 127 Å². The molecule has 1 saturated heterocycles. The molecule has 0 radical (unpaired) electrons. The minimum Gasteiger partial charge on any atom is -0.352 e. The van der Waals surface area contributed by atoms with Crippen LogP contribution in [0, 0.1) is 18.8 Å². The van der Waals surface area contributed by atoms with Crippen LogP contribution >= 0.6 is 0 Å². The Morgan fingerprint density at radius 3 is 2.67 bits per heavy atom. The van der Waals surface area contributed by atoms with Crippen LogP contribution in [0.15, 0.2) is 18.3 Å². The zero-order valence-electron chi connectivity index (χ0n) is 13.4. The molecule has 0 spiro atoms. The standard InChI is InChI=1S/C17H27N3O/c1-13-9-14(2)12-20(11-13)8-4-7-18-17(21)16-6-5-15(3)19-10-16/h5-6,10,13-14H,4,7-9,11-12H2,1-3H3,(H,18,21)/t13-,14+. The van der Waals surface area contributed by atoms with Gasteiger partial charge in [-0.3, -0.25) is 9.78 Å². The molecule has 0 aromatic carbocycles. The SMILES string of the molecule is Cc1ccc(C(=O)NCCCN2C[C@H](C)C[C@H](C)C2)cn1. The predicted octanol–water partition coefficient (Wildman–Crippen LogP) is 2.49. The molecule has 1 aliphatic rings. The summed E-state index contributed by atoms with van der Waals surface area (Å²) in [5.41, 5.74) is 1.57. The molecule has 21 heavy (non-hydrogen) atoms. The van der Waals surface area contributed by atoms with Gasteiger partial charge in [-0.2, -0.15) is 0 Å². The van der Waals surface area contributed by atoms with E-state index in [-0.39, 0.29) is 5.91 Å². The Bertz CT molecular complexity index is 448. The smallest absolute Gasteiger partial charge is 0.252 e. The average molecular weight is 289 g/mol. The lowest BCUT2D eigenvalue weighted by molar-refractivity contribution is 0.0947. The van der Waals surface area contributed by atoms with Crippen molar-refractivity contribution in [2.75, 3.05) is 26.2 Å². The van der Waals surface area contributed by atoms with Crippen LogP contribution in [0.5, 0.6) is 0 Å². The van der Waals surface area contributed by atoms with Crippen LogP contribution in [0.25, 0.3) is 0 Å². The van der Waals surface area contributed by atoms with Gasteiger partial charge in [0, 0.05) is 31.5 Å². The second-order valence-corrected chi connectivity index (χ2v) is 6.50. The van der Waals surface area contributed by atoms with Crippen molar-refractivity contribution >= 4 is 5.91 Å². The molecule has 2 atom stereocenters. The van der Waals surface area contributed by atoms with E-state index in [1.807, 2.05) is 19.1 Å². The zero-order valence-corrected chi connectivity index (χ0v) is 13.4. The van der Waals surface area contributed by atoms with E-state index in [0.717, 1.165) is 37.0 Å². The van der Waals surface area contributed by atoms with E-state index in [4.69, 9.17) is 0 Å². The molecule has 1 amide bonds. The molecule has 1 N–H and O–H groups in total. The first-order chi connectivity index (χ1) is 10.0. The van der Waals surface area contributed by atoms with Crippen molar-refractivity contribution < 1.29 is 4.79 Å². The quantitative estimate of drug-likeness (QED) is 0.847. The second-order valence-electron chi connectivity index (χ2n) is 6.50. The summed E-state index contributed by atoms with van der Waals surface area (Å²) in [5.74, 6) is 1.56. The molecule has 1 aromatic heterocycles. The van der Waals surface area contributed by atoms with Crippen molar-refractivity contribution in [2.45, 2.75) is 33.6 Å². The molecule has 0 bridgehead atoms. The van der Waals surface area contributed by atoms with Gasteiger partial charge in [-0.25, -0.2) is 0 Å². The largest absolute Gasteiger partial charge is 0.352 e. The van der Waals surface area contributed by atoms with Gasteiger partial charge >= 0.3 is 0 Å². The van der Waals surface area contributed by atoms with E-state index in [9.17, 15) is 4.79 Å². The van der Waals surface area contributed by atoms with Crippen molar-refractivity contribution in [3.05, 3.63) is 29.6 Å². The van der Waals surface area contributed by atoms with Gasteiger partial charge in [0.2, 0.25) is 0 Å². The Balaban J connectivity index is 1.67. The summed E-state index contributed by atoms with van der Waals surface area (Å²) in [5, 5.41) is 2.97. The van der Waals surface area contributed by atoms with Crippen LogP contribution in [0.3, 0.4) is 0 Å². The fourth-order valence-corrected chi connectivity index (χ4v) is 3.18. The van der Waals surface area contributed by atoms with Gasteiger partial charge in [0.1, 0.15) is 0 Å². The number of carbonyl (C=O) groups excluding carboxylic acids is 1. The Hall–Kier alpha value is -1.42. The van der Waals surface area contributed by atoms with E-state index in [1.165, 1.54) is 19.5 Å². The number of nitrogens with one attached hydrogen (secondary N) is 1. The third-order valence-electron chi connectivity index (χ3n) is 4.05. The summed E-state index contributed by atoms with van der Waals surface area (Å²) >= 11 is 0. The molecule has 4 nitrogen and oxygen atoms in total. The highest BCUT2D eigenvalue weighted by Gasteiger charge is 2.21. The van der Waals surface area contributed by atoms with Crippen LogP contribution < -0.4 is 5.32 Å². The molecular formula is C17H27N3O. The first-order valence-corrected chi connectivity index (χ1v) is 7.98. The topological polar surface area (TPSA) is 45.2 Å². The summed E-state index contributed by atoms with van der Waals surface area (Å²) in [6.45, 7) is 10.8. The minimum absolute atomic E-state index is 0.0251. The van der Waals surface area contributed by atoms with E-state index < -0.39 is 0 Å². The van der Waals surface area contributed by atoms with Gasteiger partial charge in [-0.1, -0.05) is 13.8 Å². The molecule has 4 heteroatoms. The van der Waals surface area contributed by atoms with Gasteiger partial charge in [0.15, 0.2) is 0 Å². The number of aromatic nitrogens is 1.